The van der Waals surface area contributed by atoms with Gasteiger partial charge in [-0.15, -0.1) is 0 Å². The largest absolute Gasteiger partial charge is 0.366 e. The van der Waals surface area contributed by atoms with Crippen LogP contribution in [0.15, 0.2) is 91.0 Å². The predicted molar refractivity (Wildman–Crippen MR) is 120 cm³/mol. The Hall–Kier alpha value is -2.84. The molecule has 3 rings (SSSR count). The molecular formula is C26H30N2. The van der Waals surface area contributed by atoms with Crippen LogP contribution in [0.5, 0.6) is 0 Å². The van der Waals surface area contributed by atoms with Gasteiger partial charge in [0, 0.05) is 5.70 Å². The van der Waals surface area contributed by atoms with Gasteiger partial charge < -0.3 is 11.1 Å². The lowest BCUT2D eigenvalue weighted by Crippen LogP contribution is -2.27. The molecule has 0 aliphatic carbocycles. The van der Waals surface area contributed by atoms with E-state index < -0.39 is 0 Å². The highest BCUT2D eigenvalue weighted by Crippen LogP contribution is 2.24. The summed E-state index contributed by atoms with van der Waals surface area (Å²) in [6.45, 7) is 4.51. The van der Waals surface area contributed by atoms with E-state index in [1.165, 1.54) is 17.5 Å². The number of nitrogens with one attached hydrogen (secondary N) is 1. The van der Waals surface area contributed by atoms with Gasteiger partial charge in [-0.3, -0.25) is 0 Å². The van der Waals surface area contributed by atoms with Crippen molar-refractivity contribution in [2.75, 3.05) is 0 Å². The molecule has 0 aliphatic heterocycles. The van der Waals surface area contributed by atoms with Crippen LogP contribution in [0.1, 0.15) is 44.0 Å². The molecule has 3 aromatic rings. The molecule has 0 aromatic heterocycles. The third-order valence-electron chi connectivity index (χ3n) is 5.19. The first-order chi connectivity index (χ1) is 13.7. The van der Waals surface area contributed by atoms with Crippen LogP contribution in [-0.4, -0.2) is 0 Å². The fourth-order valence-electron chi connectivity index (χ4n) is 3.13. The molecule has 0 aliphatic rings. The van der Waals surface area contributed by atoms with Crippen molar-refractivity contribution in [2.45, 2.75) is 32.9 Å². The molecule has 0 spiro atoms. The first-order valence-corrected chi connectivity index (χ1v) is 10.1. The summed E-state index contributed by atoms with van der Waals surface area (Å²) in [6.07, 6.45) is 4.25. The van der Waals surface area contributed by atoms with Crippen molar-refractivity contribution in [2.24, 2.45) is 11.7 Å². The second-order valence-electron chi connectivity index (χ2n) is 7.34. The minimum atomic E-state index is -0.238. The maximum Gasteiger partial charge on any atom is 0.101 e. The van der Waals surface area contributed by atoms with Gasteiger partial charge in [0.1, 0.15) is 6.17 Å². The third-order valence-corrected chi connectivity index (χ3v) is 5.19. The molecule has 0 saturated heterocycles. The fraction of sp³-hybridized carbons (Fsp3) is 0.231. The van der Waals surface area contributed by atoms with Gasteiger partial charge in [-0.25, -0.2) is 0 Å². The van der Waals surface area contributed by atoms with Gasteiger partial charge in [-0.2, -0.15) is 0 Å². The molecule has 28 heavy (non-hydrogen) atoms. The molecular weight excluding hydrogens is 340 g/mol. The van der Waals surface area contributed by atoms with Crippen molar-refractivity contribution in [3.8, 4) is 11.1 Å². The molecule has 0 fully saturated rings. The van der Waals surface area contributed by atoms with E-state index in [1.54, 1.807) is 0 Å². The minimum absolute atomic E-state index is 0.238. The van der Waals surface area contributed by atoms with Crippen LogP contribution in [0, 0.1) is 5.92 Å². The number of benzene rings is 3. The maximum atomic E-state index is 6.44. The highest BCUT2D eigenvalue weighted by Gasteiger charge is 2.10. The van der Waals surface area contributed by atoms with Gasteiger partial charge in [-0.05, 0) is 34.6 Å². The number of hydrogen-bond donors (Lipinski definition) is 2. The average Bonchev–Trinajstić information content (AvgIpc) is 2.77. The lowest BCUT2D eigenvalue weighted by Gasteiger charge is -2.20. The van der Waals surface area contributed by atoms with Crippen LogP contribution in [0.4, 0.5) is 0 Å². The predicted octanol–water partition coefficient (Wildman–Crippen LogP) is 6.38. The van der Waals surface area contributed by atoms with Gasteiger partial charge >= 0.3 is 0 Å². The summed E-state index contributed by atoms with van der Waals surface area (Å²) in [7, 11) is 0. The molecule has 0 bridgehead atoms. The van der Waals surface area contributed by atoms with Crippen molar-refractivity contribution < 1.29 is 0 Å². The zero-order valence-corrected chi connectivity index (χ0v) is 16.8. The van der Waals surface area contributed by atoms with Crippen LogP contribution in [0.3, 0.4) is 0 Å². The Morgan fingerprint density at radius 3 is 2.04 bits per heavy atom. The van der Waals surface area contributed by atoms with Gasteiger partial charge in [0.05, 0.1) is 0 Å². The molecule has 0 radical (unpaired) electrons. The number of hydrogen-bond acceptors (Lipinski definition) is 2. The fourth-order valence-corrected chi connectivity index (χ4v) is 3.13. The zero-order chi connectivity index (χ0) is 19.8. The van der Waals surface area contributed by atoms with E-state index in [4.69, 9.17) is 5.73 Å². The Labute approximate surface area is 169 Å². The third kappa shape index (κ3) is 5.34. The highest BCUT2D eigenvalue weighted by atomic mass is 15.0. The van der Waals surface area contributed by atoms with Gasteiger partial charge in [0.2, 0.25) is 0 Å². The highest BCUT2D eigenvalue weighted by molar-refractivity contribution is 5.70. The van der Waals surface area contributed by atoms with Crippen molar-refractivity contribution >= 4 is 5.70 Å². The Morgan fingerprint density at radius 1 is 0.857 bits per heavy atom. The molecule has 3 N–H and O–H groups in total. The van der Waals surface area contributed by atoms with Crippen LogP contribution in [0.2, 0.25) is 0 Å². The molecule has 2 nitrogen and oxygen atoms in total. The molecule has 0 heterocycles. The minimum Gasteiger partial charge on any atom is -0.366 e. The van der Waals surface area contributed by atoms with Crippen LogP contribution in [0.25, 0.3) is 16.8 Å². The van der Waals surface area contributed by atoms with E-state index in [9.17, 15) is 0 Å². The quantitative estimate of drug-likeness (QED) is 0.452. The summed E-state index contributed by atoms with van der Waals surface area (Å²) in [5.74, 6) is 0.647. The van der Waals surface area contributed by atoms with E-state index in [0.717, 1.165) is 23.2 Å². The molecule has 2 atom stereocenters. The molecule has 0 amide bonds. The second kappa shape index (κ2) is 9.91. The van der Waals surface area contributed by atoms with Gasteiger partial charge in [0.15, 0.2) is 0 Å². The smallest absolute Gasteiger partial charge is 0.101 e. The van der Waals surface area contributed by atoms with E-state index in [2.05, 4.69) is 85.9 Å². The van der Waals surface area contributed by atoms with Gasteiger partial charge in [0.25, 0.3) is 0 Å². The Morgan fingerprint density at radius 2 is 1.43 bits per heavy atom. The second-order valence-corrected chi connectivity index (χ2v) is 7.34. The average molecular weight is 371 g/mol. The monoisotopic (exact) mass is 370 g/mol. The normalized spacial score (nSPS) is 13.8. The number of allylic oxidation sites excluding steroid dienone is 1. The zero-order valence-electron chi connectivity index (χ0n) is 16.8. The number of nitrogens with two attached hydrogens (primary N) is 1. The maximum absolute atomic E-state index is 6.44. The van der Waals surface area contributed by atoms with Crippen molar-refractivity contribution in [1.29, 1.82) is 0 Å². The van der Waals surface area contributed by atoms with Crippen LogP contribution < -0.4 is 11.1 Å². The van der Waals surface area contributed by atoms with E-state index in [1.807, 2.05) is 24.3 Å². The lowest BCUT2D eigenvalue weighted by atomic mass is 10.00. The lowest BCUT2D eigenvalue weighted by molar-refractivity contribution is 0.569. The molecule has 2 unspecified atom stereocenters. The summed E-state index contributed by atoms with van der Waals surface area (Å²) in [6, 6.07) is 29.3. The van der Waals surface area contributed by atoms with Crippen LogP contribution in [-0.2, 0) is 0 Å². The molecule has 2 heteroatoms. The topological polar surface area (TPSA) is 38.0 Å². The molecule has 0 saturated carbocycles. The van der Waals surface area contributed by atoms with E-state index in [0.29, 0.717) is 5.92 Å². The van der Waals surface area contributed by atoms with Crippen molar-refractivity contribution in [3.05, 3.63) is 102 Å². The SMILES string of the molecule is CCC(C)C/C=C(\NC(N)c1ccccc1)c1ccc(-c2ccccc2)cc1. The first kappa shape index (κ1) is 19.9. The molecule has 3 aromatic carbocycles. The van der Waals surface area contributed by atoms with Crippen LogP contribution >= 0.6 is 0 Å². The van der Waals surface area contributed by atoms with Gasteiger partial charge in [-0.1, -0.05) is 111 Å². The standard InChI is InChI=1S/C26H30N2/c1-3-20(2)14-19-25(28-26(27)24-12-8-5-9-13-24)23-17-15-22(16-18-23)21-10-6-4-7-11-21/h4-13,15-20,26,28H,3,14,27H2,1-2H3/b25-19-. The Balaban J connectivity index is 1.84. The summed E-state index contributed by atoms with van der Waals surface area (Å²) < 4.78 is 0. The molecule has 144 valence electrons. The van der Waals surface area contributed by atoms with Crippen molar-refractivity contribution in [3.63, 3.8) is 0 Å². The Kier molecular flexibility index (Phi) is 7.05. The summed E-state index contributed by atoms with van der Waals surface area (Å²) in [5.41, 5.74) is 12.2. The summed E-state index contributed by atoms with van der Waals surface area (Å²) in [4.78, 5) is 0. The van der Waals surface area contributed by atoms with E-state index >= 15 is 0 Å². The first-order valence-electron chi connectivity index (χ1n) is 10.1. The summed E-state index contributed by atoms with van der Waals surface area (Å²) >= 11 is 0. The van der Waals surface area contributed by atoms with Crippen molar-refractivity contribution in [1.82, 2.24) is 5.32 Å². The summed E-state index contributed by atoms with van der Waals surface area (Å²) in [5, 5.41) is 3.53. The Bertz CT molecular complexity index is 867. The number of rotatable bonds is 8. The van der Waals surface area contributed by atoms with E-state index in [-0.39, 0.29) is 6.17 Å².